The first-order valence-corrected chi connectivity index (χ1v) is 17.7. The fourth-order valence-electron chi connectivity index (χ4n) is 6.79. The number of pyridine rings is 3. The molecule has 14 heteroatoms. The van der Waals surface area contributed by atoms with Crippen molar-refractivity contribution >= 4 is 40.3 Å². The molecule has 272 valence electrons. The molecule has 0 saturated carbocycles. The minimum absolute atomic E-state index is 0.0105. The van der Waals surface area contributed by atoms with E-state index in [1.165, 1.54) is 6.07 Å². The molecule has 1 saturated heterocycles. The van der Waals surface area contributed by atoms with Crippen LogP contribution in [0.2, 0.25) is 0 Å². The second-order valence-electron chi connectivity index (χ2n) is 13.1. The van der Waals surface area contributed by atoms with Gasteiger partial charge < -0.3 is 20.1 Å². The summed E-state index contributed by atoms with van der Waals surface area (Å²) in [6.07, 6.45) is 5.20. The number of benzene rings is 1. The van der Waals surface area contributed by atoms with Gasteiger partial charge in [0, 0.05) is 48.8 Å². The number of imidazole rings is 1. The number of carbonyl (C=O) groups excluding carboxylic acids is 5. The summed E-state index contributed by atoms with van der Waals surface area (Å²) < 4.78 is 2.13. The SMILES string of the molecule is CCc1nc(-c2cccc3cc(-c4ccc(C(=O)NCC#Cc5cccc(C(=O)NC6CCC(=O)NC6=O)n5)nc4)ncc23)c2n1C(CC)C(=O)N(C)C2. The fourth-order valence-corrected chi connectivity index (χ4v) is 6.79. The molecule has 0 bridgehead atoms. The Hall–Kier alpha value is -6.75. The van der Waals surface area contributed by atoms with Crippen molar-refractivity contribution in [2.24, 2.45) is 0 Å². The van der Waals surface area contributed by atoms with Gasteiger partial charge in [-0.1, -0.05) is 44.0 Å². The molecule has 7 rings (SSSR count). The monoisotopic (exact) mass is 723 g/mol. The standard InChI is InChI=1S/C40H37N9O5/c1-4-32-40(54)48(3)22-33-36(46-34(5-2)49(32)33)26-12-6-9-23-19-31(43-21-27(23)26)24-14-15-28(42-20-24)37(51)41-18-8-11-25-10-7-13-29(44-25)38(52)45-30-16-17-35(50)47-39(30)53/h6-7,9-10,12-15,19-21,30,32H,4-5,16-18,22H2,1-3H3,(H,41,51)(H,45,52)(H,47,50,53). The third-order valence-electron chi connectivity index (χ3n) is 9.54. The normalized spacial score (nSPS) is 16.6. The van der Waals surface area contributed by atoms with E-state index in [1.807, 2.05) is 44.4 Å². The zero-order chi connectivity index (χ0) is 37.9. The highest BCUT2D eigenvalue weighted by molar-refractivity contribution is 6.03. The van der Waals surface area contributed by atoms with Crippen LogP contribution in [0.15, 0.2) is 67.0 Å². The van der Waals surface area contributed by atoms with Gasteiger partial charge in [-0.15, -0.1) is 0 Å². The van der Waals surface area contributed by atoms with Gasteiger partial charge in [0.2, 0.25) is 17.7 Å². The molecule has 3 N–H and O–H groups in total. The van der Waals surface area contributed by atoms with Gasteiger partial charge in [-0.2, -0.15) is 0 Å². The zero-order valence-electron chi connectivity index (χ0n) is 30.0. The van der Waals surface area contributed by atoms with E-state index in [9.17, 15) is 24.0 Å². The topological polar surface area (TPSA) is 181 Å². The number of likely N-dealkylation sites (N-methyl/N-ethyl adjacent to an activating group) is 1. The lowest BCUT2D eigenvalue weighted by Crippen LogP contribution is -2.52. The Kier molecular flexibility index (Phi) is 9.95. The highest BCUT2D eigenvalue weighted by atomic mass is 16.2. The van der Waals surface area contributed by atoms with Gasteiger partial charge in [0.15, 0.2) is 0 Å². The lowest BCUT2D eigenvalue weighted by atomic mass is 10.00. The van der Waals surface area contributed by atoms with Crippen molar-refractivity contribution in [2.45, 2.75) is 58.2 Å². The first-order valence-electron chi connectivity index (χ1n) is 17.7. The van der Waals surface area contributed by atoms with Crippen molar-refractivity contribution in [3.63, 3.8) is 0 Å². The third-order valence-corrected chi connectivity index (χ3v) is 9.54. The van der Waals surface area contributed by atoms with E-state index in [1.54, 1.807) is 35.4 Å². The number of amides is 5. The van der Waals surface area contributed by atoms with Crippen LogP contribution in [0, 0.1) is 11.8 Å². The number of rotatable bonds is 8. The third kappa shape index (κ3) is 7.03. The molecule has 0 spiro atoms. The van der Waals surface area contributed by atoms with Crippen LogP contribution in [0.1, 0.15) is 77.3 Å². The molecule has 4 aromatic heterocycles. The molecule has 5 aromatic rings. The van der Waals surface area contributed by atoms with Crippen molar-refractivity contribution in [3.8, 4) is 34.4 Å². The molecule has 2 aliphatic heterocycles. The number of aromatic nitrogens is 5. The van der Waals surface area contributed by atoms with E-state index >= 15 is 0 Å². The van der Waals surface area contributed by atoms with Gasteiger partial charge in [0.25, 0.3) is 11.8 Å². The summed E-state index contributed by atoms with van der Waals surface area (Å²) in [6.45, 7) is 4.58. The predicted molar refractivity (Wildman–Crippen MR) is 198 cm³/mol. The number of carbonyl (C=O) groups is 5. The maximum absolute atomic E-state index is 13.0. The van der Waals surface area contributed by atoms with Gasteiger partial charge in [0.05, 0.1) is 30.2 Å². The van der Waals surface area contributed by atoms with Gasteiger partial charge in [0.1, 0.15) is 35.0 Å². The smallest absolute Gasteiger partial charge is 0.270 e. The first kappa shape index (κ1) is 35.6. The van der Waals surface area contributed by atoms with Crippen LogP contribution >= 0.6 is 0 Å². The average molecular weight is 724 g/mol. The van der Waals surface area contributed by atoms with E-state index in [0.29, 0.717) is 30.8 Å². The Morgan fingerprint density at radius 1 is 0.963 bits per heavy atom. The van der Waals surface area contributed by atoms with Crippen LogP contribution < -0.4 is 16.0 Å². The highest BCUT2D eigenvalue weighted by Gasteiger charge is 2.34. The Labute approximate surface area is 310 Å². The molecule has 5 amide bonds. The number of fused-ring (bicyclic) bond motifs is 2. The lowest BCUT2D eigenvalue weighted by molar-refractivity contribution is -0.136. The van der Waals surface area contributed by atoms with Crippen LogP contribution in [-0.2, 0) is 27.3 Å². The van der Waals surface area contributed by atoms with E-state index in [-0.39, 0.29) is 48.6 Å². The number of nitrogens with zero attached hydrogens (tertiary/aromatic N) is 6. The molecule has 1 aromatic carbocycles. The van der Waals surface area contributed by atoms with E-state index < -0.39 is 23.8 Å². The predicted octanol–water partition coefficient (Wildman–Crippen LogP) is 3.36. The Morgan fingerprint density at radius 2 is 1.80 bits per heavy atom. The van der Waals surface area contributed by atoms with E-state index in [2.05, 4.69) is 49.3 Å². The van der Waals surface area contributed by atoms with Crippen LogP contribution in [0.25, 0.3) is 33.3 Å². The van der Waals surface area contributed by atoms with Crippen LogP contribution in [0.5, 0.6) is 0 Å². The molecular formula is C40H37N9O5. The summed E-state index contributed by atoms with van der Waals surface area (Å²) in [5.41, 5.74) is 4.87. The van der Waals surface area contributed by atoms with Gasteiger partial charge in [-0.3, -0.25) is 39.3 Å². The molecule has 0 aliphatic carbocycles. The van der Waals surface area contributed by atoms with Gasteiger partial charge in [-0.25, -0.2) is 9.97 Å². The molecule has 14 nitrogen and oxygen atoms in total. The van der Waals surface area contributed by atoms with Gasteiger partial charge in [-0.05, 0) is 54.5 Å². The second-order valence-corrected chi connectivity index (χ2v) is 13.1. The van der Waals surface area contributed by atoms with Crippen LogP contribution in [0.4, 0.5) is 0 Å². The summed E-state index contributed by atoms with van der Waals surface area (Å²) in [5.74, 6) is 4.76. The summed E-state index contributed by atoms with van der Waals surface area (Å²) in [4.78, 5) is 81.9. The second kappa shape index (κ2) is 15.1. The maximum Gasteiger partial charge on any atom is 0.270 e. The molecule has 2 atom stereocenters. The minimum atomic E-state index is -0.818. The molecule has 0 radical (unpaired) electrons. The largest absolute Gasteiger partial charge is 0.340 e. The summed E-state index contributed by atoms with van der Waals surface area (Å²) in [5, 5.41) is 9.42. The summed E-state index contributed by atoms with van der Waals surface area (Å²) in [6, 6.07) is 15.1. The van der Waals surface area contributed by atoms with Crippen LogP contribution in [0.3, 0.4) is 0 Å². The Bertz CT molecular complexity index is 2390. The summed E-state index contributed by atoms with van der Waals surface area (Å²) in [7, 11) is 1.84. The number of hydrogen-bond donors (Lipinski definition) is 3. The van der Waals surface area contributed by atoms with E-state index in [0.717, 1.165) is 39.1 Å². The molecule has 2 aliphatic rings. The number of piperidine rings is 1. The van der Waals surface area contributed by atoms with Crippen molar-refractivity contribution in [3.05, 3.63) is 95.6 Å². The van der Waals surface area contributed by atoms with Crippen molar-refractivity contribution < 1.29 is 24.0 Å². The van der Waals surface area contributed by atoms with E-state index in [4.69, 9.17) is 9.97 Å². The summed E-state index contributed by atoms with van der Waals surface area (Å²) >= 11 is 0. The van der Waals surface area contributed by atoms with Gasteiger partial charge >= 0.3 is 0 Å². The quantitative estimate of drug-likeness (QED) is 0.160. The number of hydrogen-bond acceptors (Lipinski definition) is 9. The van der Waals surface area contributed by atoms with Crippen molar-refractivity contribution in [2.75, 3.05) is 13.6 Å². The van der Waals surface area contributed by atoms with Crippen molar-refractivity contribution in [1.82, 2.24) is 45.4 Å². The number of nitrogens with one attached hydrogen (secondary N) is 3. The average Bonchev–Trinajstić information content (AvgIpc) is 3.55. The first-order chi connectivity index (χ1) is 26.1. The molecule has 1 fully saturated rings. The number of imide groups is 1. The fraction of sp³-hybridized carbons (Fsp3) is 0.275. The number of aryl methyl sites for hydroxylation is 1. The molecule has 54 heavy (non-hydrogen) atoms. The molecular weight excluding hydrogens is 686 g/mol. The highest BCUT2D eigenvalue weighted by Crippen LogP contribution is 2.37. The molecule has 6 heterocycles. The molecule has 2 unspecified atom stereocenters. The van der Waals surface area contributed by atoms with Crippen molar-refractivity contribution in [1.29, 1.82) is 0 Å². The maximum atomic E-state index is 13.0. The lowest BCUT2D eigenvalue weighted by Gasteiger charge is -2.32. The Morgan fingerprint density at radius 3 is 2.56 bits per heavy atom. The van der Waals surface area contributed by atoms with Crippen LogP contribution in [-0.4, -0.2) is 78.6 Å². The Balaban J connectivity index is 1.01. The minimum Gasteiger partial charge on any atom is -0.340 e. The zero-order valence-corrected chi connectivity index (χ0v) is 30.0.